The molecular formula is C21H20N2O4. The number of aliphatic hydroxyl groups excluding tert-OH is 1. The molecule has 2 aromatic carbocycles. The summed E-state index contributed by atoms with van der Waals surface area (Å²) in [4.78, 5) is 15.8. The zero-order chi connectivity index (χ0) is 19.1. The van der Waals surface area contributed by atoms with E-state index in [9.17, 15) is 9.90 Å². The number of aromatic nitrogens is 1. The Morgan fingerprint density at radius 3 is 2.00 bits per heavy atom. The van der Waals surface area contributed by atoms with Crippen molar-refractivity contribution in [1.29, 1.82) is 0 Å². The van der Waals surface area contributed by atoms with Crippen molar-refractivity contribution in [1.82, 2.24) is 4.98 Å². The molecular weight excluding hydrogens is 344 g/mol. The number of carbonyl (C=O) groups excluding carboxylic acids is 1. The number of primary amides is 1. The smallest absolute Gasteiger partial charge is 0.271 e. The number of benzene rings is 2. The van der Waals surface area contributed by atoms with E-state index in [2.05, 4.69) is 4.98 Å². The first-order chi connectivity index (χ1) is 13.2. The Morgan fingerprint density at radius 1 is 0.926 bits per heavy atom. The van der Waals surface area contributed by atoms with Gasteiger partial charge in [0.1, 0.15) is 19.0 Å². The third kappa shape index (κ3) is 4.62. The third-order valence-corrected chi connectivity index (χ3v) is 3.95. The van der Waals surface area contributed by atoms with Gasteiger partial charge in [-0.1, -0.05) is 60.7 Å². The number of nitrogens with two attached hydrogens (primary N) is 1. The number of pyridine rings is 1. The van der Waals surface area contributed by atoms with Crippen LogP contribution in [0.5, 0.6) is 11.5 Å². The van der Waals surface area contributed by atoms with E-state index in [-0.39, 0.29) is 24.7 Å². The van der Waals surface area contributed by atoms with Crippen LogP contribution in [0.1, 0.15) is 27.2 Å². The Labute approximate surface area is 157 Å². The number of aliphatic hydroxyl groups is 1. The predicted molar refractivity (Wildman–Crippen MR) is 100 cm³/mol. The van der Waals surface area contributed by atoms with Gasteiger partial charge >= 0.3 is 0 Å². The first kappa shape index (κ1) is 18.4. The largest absolute Gasteiger partial charge is 0.487 e. The highest BCUT2D eigenvalue weighted by molar-refractivity contribution is 5.94. The summed E-state index contributed by atoms with van der Waals surface area (Å²) in [7, 11) is 0. The number of hydrogen-bond acceptors (Lipinski definition) is 5. The number of amides is 1. The first-order valence-corrected chi connectivity index (χ1v) is 8.45. The second-order valence-corrected chi connectivity index (χ2v) is 5.85. The van der Waals surface area contributed by atoms with Gasteiger partial charge in [-0.3, -0.25) is 4.79 Å². The Kier molecular flexibility index (Phi) is 6.02. The number of hydrogen-bond donors (Lipinski definition) is 2. The fourth-order valence-corrected chi connectivity index (χ4v) is 2.58. The molecule has 0 aliphatic rings. The highest BCUT2D eigenvalue weighted by Gasteiger charge is 2.20. The number of ether oxygens (including phenoxy) is 2. The molecule has 0 bridgehead atoms. The standard InChI is InChI=1S/C21H20N2O4/c22-21(25)19-20(27-14-16-9-5-2-6-10-16)17(12-24)18(11-23-19)26-13-15-7-3-1-4-8-15/h1-11,24H,12-14H2,(H2,22,25). The quantitative estimate of drug-likeness (QED) is 0.641. The summed E-state index contributed by atoms with van der Waals surface area (Å²) in [6.45, 7) is 0.124. The van der Waals surface area contributed by atoms with Gasteiger partial charge in [-0.05, 0) is 11.1 Å². The van der Waals surface area contributed by atoms with Crippen LogP contribution < -0.4 is 15.2 Å². The maximum Gasteiger partial charge on any atom is 0.271 e. The van der Waals surface area contributed by atoms with Gasteiger partial charge in [-0.2, -0.15) is 0 Å². The summed E-state index contributed by atoms with van der Waals surface area (Å²) in [5, 5.41) is 9.86. The summed E-state index contributed by atoms with van der Waals surface area (Å²) in [6.07, 6.45) is 1.38. The first-order valence-electron chi connectivity index (χ1n) is 8.45. The van der Waals surface area contributed by atoms with Crippen molar-refractivity contribution in [3.05, 3.63) is 89.2 Å². The second-order valence-electron chi connectivity index (χ2n) is 5.85. The summed E-state index contributed by atoms with van der Waals surface area (Å²) >= 11 is 0. The molecule has 0 saturated carbocycles. The summed E-state index contributed by atoms with van der Waals surface area (Å²) < 4.78 is 11.6. The molecule has 6 nitrogen and oxygen atoms in total. The minimum Gasteiger partial charge on any atom is -0.487 e. The average molecular weight is 364 g/mol. The minimum absolute atomic E-state index is 0.0398. The molecule has 0 fully saturated rings. The van der Waals surface area contributed by atoms with Crippen LogP contribution in [0, 0.1) is 0 Å². The lowest BCUT2D eigenvalue weighted by Gasteiger charge is -2.17. The lowest BCUT2D eigenvalue weighted by Crippen LogP contribution is -2.17. The molecule has 0 radical (unpaired) electrons. The van der Waals surface area contributed by atoms with Crippen molar-refractivity contribution >= 4 is 5.91 Å². The zero-order valence-electron chi connectivity index (χ0n) is 14.7. The maximum atomic E-state index is 11.7. The van der Waals surface area contributed by atoms with Crippen molar-refractivity contribution < 1.29 is 19.4 Å². The van der Waals surface area contributed by atoms with Crippen LogP contribution in [0.4, 0.5) is 0 Å². The minimum atomic E-state index is -0.734. The van der Waals surface area contributed by atoms with E-state index in [0.717, 1.165) is 11.1 Å². The third-order valence-electron chi connectivity index (χ3n) is 3.95. The molecule has 0 aliphatic carbocycles. The molecule has 27 heavy (non-hydrogen) atoms. The van der Waals surface area contributed by atoms with E-state index in [0.29, 0.717) is 17.9 Å². The van der Waals surface area contributed by atoms with E-state index >= 15 is 0 Å². The molecule has 0 unspecified atom stereocenters. The van der Waals surface area contributed by atoms with E-state index in [1.807, 2.05) is 60.7 Å². The lowest BCUT2D eigenvalue weighted by molar-refractivity contribution is 0.0989. The van der Waals surface area contributed by atoms with Crippen LogP contribution in [-0.2, 0) is 19.8 Å². The van der Waals surface area contributed by atoms with Gasteiger partial charge in [0.25, 0.3) is 5.91 Å². The average Bonchev–Trinajstić information content (AvgIpc) is 2.71. The van der Waals surface area contributed by atoms with Gasteiger partial charge in [-0.25, -0.2) is 4.98 Å². The topological polar surface area (TPSA) is 94.7 Å². The molecule has 3 aromatic rings. The summed E-state index contributed by atoms with van der Waals surface area (Å²) in [5.41, 5.74) is 7.59. The monoisotopic (exact) mass is 364 g/mol. The van der Waals surface area contributed by atoms with Gasteiger partial charge in [0.05, 0.1) is 18.4 Å². The Hall–Kier alpha value is -3.38. The zero-order valence-corrected chi connectivity index (χ0v) is 14.7. The Balaban J connectivity index is 1.87. The Bertz CT molecular complexity index is 899. The highest BCUT2D eigenvalue weighted by Crippen LogP contribution is 2.32. The molecule has 6 heteroatoms. The summed E-state index contributed by atoms with van der Waals surface area (Å²) in [5.74, 6) is -0.254. The van der Waals surface area contributed by atoms with Crippen molar-refractivity contribution in [3.8, 4) is 11.5 Å². The lowest BCUT2D eigenvalue weighted by atomic mass is 10.1. The van der Waals surface area contributed by atoms with Crippen molar-refractivity contribution in [2.24, 2.45) is 5.73 Å². The second kappa shape index (κ2) is 8.82. The SMILES string of the molecule is NC(=O)c1ncc(OCc2ccccc2)c(CO)c1OCc1ccccc1. The fourth-order valence-electron chi connectivity index (χ4n) is 2.58. The molecule has 0 aliphatic heterocycles. The van der Waals surface area contributed by atoms with Crippen molar-refractivity contribution in [2.45, 2.75) is 19.8 Å². The predicted octanol–water partition coefficient (Wildman–Crippen LogP) is 2.83. The molecule has 0 saturated heterocycles. The van der Waals surface area contributed by atoms with E-state index in [4.69, 9.17) is 15.2 Å². The summed E-state index contributed by atoms with van der Waals surface area (Å²) in [6, 6.07) is 19.1. The number of rotatable bonds is 8. The van der Waals surface area contributed by atoms with Gasteiger partial charge < -0.3 is 20.3 Å². The van der Waals surface area contributed by atoms with Gasteiger partial charge in [0.2, 0.25) is 0 Å². The van der Waals surface area contributed by atoms with Crippen LogP contribution in [0.15, 0.2) is 66.9 Å². The van der Waals surface area contributed by atoms with Crippen LogP contribution in [0.3, 0.4) is 0 Å². The molecule has 1 heterocycles. The molecule has 138 valence electrons. The van der Waals surface area contributed by atoms with Crippen molar-refractivity contribution in [2.75, 3.05) is 0 Å². The van der Waals surface area contributed by atoms with Crippen LogP contribution in [-0.4, -0.2) is 16.0 Å². The highest BCUT2D eigenvalue weighted by atomic mass is 16.5. The van der Waals surface area contributed by atoms with Crippen LogP contribution >= 0.6 is 0 Å². The van der Waals surface area contributed by atoms with E-state index in [1.54, 1.807) is 0 Å². The normalized spacial score (nSPS) is 10.4. The van der Waals surface area contributed by atoms with E-state index in [1.165, 1.54) is 6.20 Å². The maximum absolute atomic E-state index is 11.7. The Morgan fingerprint density at radius 2 is 1.48 bits per heavy atom. The number of carbonyl (C=O) groups is 1. The molecule has 3 N–H and O–H groups in total. The van der Waals surface area contributed by atoms with Crippen LogP contribution in [0.2, 0.25) is 0 Å². The van der Waals surface area contributed by atoms with Gasteiger partial charge in [-0.15, -0.1) is 0 Å². The molecule has 3 rings (SSSR count). The molecule has 1 amide bonds. The van der Waals surface area contributed by atoms with Gasteiger partial charge in [0.15, 0.2) is 11.4 Å². The van der Waals surface area contributed by atoms with Gasteiger partial charge in [0, 0.05) is 0 Å². The van der Waals surface area contributed by atoms with Crippen LogP contribution in [0.25, 0.3) is 0 Å². The van der Waals surface area contributed by atoms with E-state index < -0.39 is 5.91 Å². The molecule has 1 aromatic heterocycles. The number of nitrogens with zero attached hydrogens (tertiary/aromatic N) is 1. The molecule has 0 atom stereocenters. The molecule has 0 spiro atoms. The fraction of sp³-hybridized carbons (Fsp3) is 0.143. The van der Waals surface area contributed by atoms with Crippen molar-refractivity contribution in [3.63, 3.8) is 0 Å².